The van der Waals surface area contributed by atoms with Crippen LogP contribution in [0.1, 0.15) is 27.7 Å². The minimum atomic E-state index is -0.334. The van der Waals surface area contributed by atoms with Crippen molar-refractivity contribution in [3.63, 3.8) is 0 Å². The second-order valence-corrected chi connectivity index (χ2v) is 9.10. The molecule has 1 aromatic carbocycles. The average Bonchev–Trinajstić information content (AvgIpc) is 3.05. The predicted octanol–water partition coefficient (Wildman–Crippen LogP) is 4.38. The summed E-state index contributed by atoms with van der Waals surface area (Å²) < 4.78 is 1.93. The molecule has 0 aliphatic rings. The number of pyridine rings is 1. The van der Waals surface area contributed by atoms with E-state index in [9.17, 15) is 4.79 Å². The third-order valence-electron chi connectivity index (χ3n) is 3.81. The van der Waals surface area contributed by atoms with Crippen LogP contribution in [0.3, 0.4) is 0 Å². The van der Waals surface area contributed by atoms with Crippen LogP contribution in [0.25, 0.3) is 17.1 Å². The van der Waals surface area contributed by atoms with Crippen molar-refractivity contribution in [1.29, 1.82) is 0 Å². The molecule has 0 radical (unpaired) electrons. The molecular formula is C20H22ClN5OS. The van der Waals surface area contributed by atoms with E-state index in [0.717, 1.165) is 11.3 Å². The van der Waals surface area contributed by atoms with E-state index < -0.39 is 0 Å². The van der Waals surface area contributed by atoms with Gasteiger partial charge in [-0.3, -0.25) is 14.3 Å². The number of benzene rings is 1. The standard InChI is InChI=1S/C20H22ClN5OS/c1-13(18(27)23-20(2,3)4)28-19-25-24-17(14-9-11-22-12-10-14)26(19)16-7-5-15(21)6-8-16/h5-13H,1-4H3,(H,23,27)/t13-/m0/s1. The Morgan fingerprint density at radius 2 is 1.75 bits per heavy atom. The molecule has 2 heterocycles. The molecule has 0 fully saturated rings. The number of carbonyl (C=O) groups excluding carboxylic acids is 1. The van der Waals surface area contributed by atoms with Crippen molar-refractivity contribution in [3.8, 4) is 17.1 Å². The van der Waals surface area contributed by atoms with Gasteiger partial charge in [0.25, 0.3) is 0 Å². The zero-order valence-corrected chi connectivity index (χ0v) is 17.8. The van der Waals surface area contributed by atoms with Crippen LogP contribution >= 0.6 is 23.4 Å². The minimum absolute atomic E-state index is 0.0476. The monoisotopic (exact) mass is 415 g/mol. The molecule has 0 saturated carbocycles. The van der Waals surface area contributed by atoms with Crippen LogP contribution in [-0.2, 0) is 4.79 Å². The van der Waals surface area contributed by atoms with Crippen molar-refractivity contribution in [2.75, 3.05) is 0 Å². The van der Waals surface area contributed by atoms with Crippen LogP contribution in [0, 0.1) is 0 Å². The number of nitrogens with one attached hydrogen (secondary N) is 1. The Balaban J connectivity index is 1.98. The second-order valence-electron chi connectivity index (χ2n) is 7.35. The molecular weight excluding hydrogens is 394 g/mol. The van der Waals surface area contributed by atoms with Crippen LogP contribution in [0.5, 0.6) is 0 Å². The SMILES string of the molecule is C[C@H](Sc1nnc(-c2ccncc2)n1-c1ccc(Cl)cc1)C(=O)NC(C)(C)C. The maximum Gasteiger partial charge on any atom is 0.233 e. The molecule has 28 heavy (non-hydrogen) atoms. The van der Waals surface area contributed by atoms with E-state index in [2.05, 4.69) is 20.5 Å². The Hall–Kier alpha value is -2.38. The van der Waals surface area contributed by atoms with Gasteiger partial charge in [-0.2, -0.15) is 0 Å². The molecule has 6 nitrogen and oxygen atoms in total. The van der Waals surface area contributed by atoms with Gasteiger partial charge in [-0.25, -0.2) is 0 Å². The fraction of sp³-hybridized carbons (Fsp3) is 0.300. The molecule has 1 atom stereocenters. The number of carbonyl (C=O) groups is 1. The molecule has 1 amide bonds. The zero-order chi connectivity index (χ0) is 20.3. The van der Waals surface area contributed by atoms with Gasteiger partial charge in [0.15, 0.2) is 11.0 Å². The van der Waals surface area contributed by atoms with E-state index >= 15 is 0 Å². The van der Waals surface area contributed by atoms with E-state index in [-0.39, 0.29) is 16.7 Å². The van der Waals surface area contributed by atoms with Crippen molar-refractivity contribution in [2.24, 2.45) is 0 Å². The number of hydrogen-bond acceptors (Lipinski definition) is 5. The Morgan fingerprint density at radius 3 is 2.36 bits per heavy atom. The number of rotatable bonds is 5. The van der Waals surface area contributed by atoms with E-state index in [1.807, 2.05) is 68.7 Å². The van der Waals surface area contributed by atoms with Crippen molar-refractivity contribution >= 4 is 29.3 Å². The maximum absolute atomic E-state index is 12.5. The molecule has 0 spiro atoms. The molecule has 0 bridgehead atoms. The van der Waals surface area contributed by atoms with Gasteiger partial charge in [-0.15, -0.1) is 10.2 Å². The molecule has 0 saturated heterocycles. The third kappa shape index (κ3) is 4.91. The average molecular weight is 416 g/mol. The van der Waals surface area contributed by atoms with Gasteiger partial charge in [-0.05, 0) is 64.1 Å². The Labute approximate surface area is 173 Å². The maximum atomic E-state index is 12.5. The molecule has 8 heteroatoms. The number of amides is 1. The lowest BCUT2D eigenvalue weighted by molar-refractivity contribution is -0.121. The topological polar surface area (TPSA) is 72.7 Å². The lowest BCUT2D eigenvalue weighted by Crippen LogP contribution is -2.44. The van der Waals surface area contributed by atoms with E-state index in [1.165, 1.54) is 11.8 Å². The first kappa shape index (κ1) is 20.4. The van der Waals surface area contributed by atoms with E-state index in [1.54, 1.807) is 12.4 Å². The number of nitrogens with zero attached hydrogens (tertiary/aromatic N) is 4. The third-order valence-corrected chi connectivity index (χ3v) is 5.10. The van der Waals surface area contributed by atoms with Gasteiger partial charge in [0, 0.05) is 34.2 Å². The van der Waals surface area contributed by atoms with Gasteiger partial charge in [-0.1, -0.05) is 23.4 Å². The summed E-state index contributed by atoms with van der Waals surface area (Å²) in [6.07, 6.45) is 3.42. The molecule has 146 valence electrons. The summed E-state index contributed by atoms with van der Waals surface area (Å²) in [5, 5.41) is 12.7. The van der Waals surface area contributed by atoms with E-state index in [0.29, 0.717) is 16.0 Å². The highest BCUT2D eigenvalue weighted by molar-refractivity contribution is 8.00. The highest BCUT2D eigenvalue weighted by Crippen LogP contribution is 2.30. The minimum Gasteiger partial charge on any atom is -0.351 e. The predicted molar refractivity (Wildman–Crippen MR) is 113 cm³/mol. The van der Waals surface area contributed by atoms with Gasteiger partial charge in [0.05, 0.1) is 5.25 Å². The highest BCUT2D eigenvalue weighted by atomic mass is 35.5. The number of halogens is 1. The van der Waals surface area contributed by atoms with Crippen molar-refractivity contribution in [3.05, 3.63) is 53.8 Å². The summed E-state index contributed by atoms with van der Waals surface area (Å²) in [6.45, 7) is 7.73. The van der Waals surface area contributed by atoms with Crippen molar-refractivity contribution in [1.82, 2.24) is 25.1 Å². The summed E-state index contributed by atoms with van der Waals surface area (Å²) in [6, 6.07) is 11.2. The molecule has 1 N–H and O–H groups in total. The first-order valence-corrected chi connectivity index (χ1v) is 10.1. The molecule has 0 unspecified atom stereocenters. The van der Waals surface area contributed by atoms with Crippen LogP contribution < -0.4 is 5.32 Å². The lowest BCUT2D eigenvalue weighted by Gasteiger charge is -2.23. The van der Waals surface area contributed by atoms with Crippen LogP contribution in [0.2, 0.25) is 5.02 Å². The Kier molecular flexibility index (Phi) is 6.05. The smallest absolute Gasteiger partial charge is 0.233 e. The van der Waals surface area contributed by atoms with Crippen LogP contribution in [0.4, 0.5) is 0 Å². The number of hydrogen-bond donors (Lipinski definition) is 1. The Morgan fingerprint density at radius 1 is 1.11 bits per heavy atom. The number of aromatic nitrogens is 4. The first-order valence-electron chi connectivity index (χ1n) is 8.85. The molecule has 2 aromatic heterocycles. The molecule has 3 aromatic rings. The molecule has 3 rings (SSSR count). The second kappa shape index (κ2) is 8.32. The van der Waals surface area contributed by atoms with Gasteiger partial charge >= 0.3 is 0 Å². The van der Waals surface area contributed by atoms with E-state index in [4.69, 9.17) is 11.6 Å². The largest absolute Gasteiger partial charge is 0.351 e. The zero-order valence-electron chi connectivity index (χ0n) is 16.2. The summed E-state index contributed by atoms with van der Waals surface area (Å²) in [7, 11) is 0. The van der Waals surface area contributed by atoms with Gasteiger partial charge in [0.1, 0.15) is 0 Å². The fourth-order valence-electron chi connectivity index (χ4n) is 2.54. The van der Waals surface area contributed by atoms with Gasteiger partial charge in [0.2, 0.25) is 5.91 Å². The normalized spacial score (nSPS) is 12.6. The lowest BCUT2D eigenvalue weighted by atomic mass is 10.1. The summed E-state index contributed by atoms with van der Waals surface area (Å²) >= 11 is 7.41. The van der Waals surface area contributed by atoms with Crippen LogP contribution in [-0.4, -0.2) is 36.4 Å². The summed E-state index contributed by atoms with van der Waals surface area (Å²) in [5.74, 6) is 0.629. The first-order chi connectivity index (χ1) is 13.2. The van der Waals surface area contributed by atoms with Crippen molar-refractivity contribution < 1.29 is 4.79 Å². The highest BCUT2D eigenvalue weighted by Gasteiger charge is 2.24. The molecule has 0 aliphatic heterocycles. The number of thioether (sulfide) groups is 1. The van der Waals surface area contributed by atoms with Crippen molar-refractivity contribution in [2.45, 2.75) is 43.6 Å². The molecule has 0 aliphatic carbocycles. The fourth-order valence-corrected chi connectivity index (χ4v) is 3.53. The summed E-state index contributed by atoms with van der Waals surface area (Å²) in [5.41, 5.74) is 1.46. The van der Waals surface area contributed by atoms with Crippen LogP contribution in [0.15, 0.2) is 53.9 Å². The summed E-state index contributed by atoms with van der Waals surface area (Å²) in [4.78, 5) is 16.6. The Bertz CT molecular complexity index is 951. The van der Waals surface area contributed by atoms with Gasteiger partial charge < -0.3 is 5.32 Å². The quantitative estimate of drug-likeness (QED) is 0.626.